The van der Waals surface area contributed by atoms with Gasteiger partial charge in [-0.05, 0) is 23.6 Å². The van der Waals surface area contributed by atoms with E-state index < -0.39 is 0 Å². The molecule has 0 saturated heterocycles. The predicted molar refractivity (Wildman–Crippen MR) is 92.3 cm³/mol. The van der Waals surface area contributed by atoms with Gasteiger partial charge in [0.2, 0.25) is 11.3 Å². The van der Waals surface area contributed by atoms with Crippen LogP contribution in [-0.4, -0.2) is 22.7 Å². The third-order valence-electron chi connectivity index (χ3n) is 3.74. The average molecular weight is 330 g/mol. The smallest absolute Gasteiger partial charge is 0.244 e. The number of amides is 1. The molecule has 0 spiro atoms. The predicted octanol–water partition coefficient (Wildman–Crippen LogP) is 2.11. The minimum atomic E-state index is -0.338. The number of aliphatic hydroxyl groups excluding tert-OH is 1. The largest absolute Gasteiger partial charge is 0.491 e. The van der Waals surface area contributed by atoms with Crippen LogP contribution in [0.5, 0.6) is 5.75 Å². The Morgan fingerprint density at radius 2 is 1.96 bits per heavy atom. The molecule has 0 aliphatic heterocycles. The molecule has 0 aliphatic carbocycles. The van der Waals surface area contributed by atoms with Gasteiger partial charge in [0, 0.05) is 17.4 Å². The Balaban J connectivity index is 2.13. The topological polar surface area (TPSA) is 80.6 Å². The van der Waals surface area contributed by atoms with E-state index in [0.717, 1.165) is 0 Å². The van der Waals surface area contributed by atoms with Crippen molar-refractivity contribution in [1.82, 2.24) is 4.57 Å². The van der Waals surface area contributed by atoms with E-state index in [1.807, 2.05) is 24.3 Å². The standard InChI is InChI=1S/C18H22N2O4/c1-12(2)13-4-6-14(7-5-13)19-18(23)10-20-9-17(24-3)16(22)8-15(20)11-21/h4-9,12,21H,10-11H2,1-3H3,(H,19,23). The van der Waals surface area contributed by atoms with Crippen LogP contribution in [0.25, 0.3) is 0 Å². The summed E-state index contributed by atoms with van der Waals surface area (Å²) < 4.78 is 6.47. The molecule has 2 aromatic rings. The fourth-order valence-corrected chi connectivity index (χ4v) is 2.34. The molecule has 24 heavy (non-hydrogen) atoms. The number of ether oxygens (including phenoxy) is 1. The van der Waals surface area contributed by atoms with Gasteiger partial charge in [-0.15, -0.1) is 0 Å². The highest BCUT2D eigenvalue weighted by Crippen LogP contribution is 2.17. The number of nitrogens with zero attached hydrogens (tertiary/aromatic N) is 1. The number of benzene rings is 1. The molecule has 0 radical (unpaired) electrons. The molecule has 1 heterocycles. The Kier molecular flexibility index (Phi) is 5.76. The highest BCUT2D eigenvalue weighted by atomic mass is 16.5. The molecule has 0 unspecified atom stereocenters. The van der Waals surface area contributed by atoms with E-state index in [1.165, 1.54) is 29.5 Å². The van der Waals surface area contributed by atoms with Crippen LogP contribution in [0.1, 0.15) is 31.0 Å². The van der Waals surface area contributed by atoms with E-state index in [-0.39, 0.29) is 30.2 Å². The van der Waals surface area contributed by atoms with Crippen LogP contribution in [0, 0.1) is 0 Å². The second-order valence-electron chi connectivity index (χ2n) is 5.81. The summed E-state index contributed by atoms with van der Waals surface area (Å²) in [6, 6.07) is 8.92. The molecule has 128 valence electrons. The Morgan fingerprint density at radius 3 is 2.50 bits per heavy atom. The average Bonchev–Trinajstić information content (AvgIpc) is 2.56. The summed E-state index contributed by atoms with van der Waals surface area (Å²) in [5.74, 6) is 0.296. The molecule has 0 atom stereocenters. The number of hydrogen-bond donors (Lipinski definition) is 2. The lowest BCUT2D eigenvalue weighted by Gasteiger charge is -2.14. The van der Waals surface area contributed by atoms with Gasteiger partial charge < -0.3 is 19.7 Å². The Hall–Kier alpha value is -2.60. The van der Waals surface area contributed by atoms with Crippen molar-refractivity contribution in [3.63, 3.8) is 0 Å². The van der Waals surface area contributed by atoms with Crippen molar-refractivity contribution < 1.29 is 14.6 Å². The van der Waals surface area contributed by atoms with Gasteiger partial charge in [-0.2, -0.15) is 0 Å². The maximum absolute atomic E-state index is 12.2. The molecule has 2 rings (SSSR count). The minimum absolute atomic E-state index is 0.0293. The molecular formula is C18H22N2O4. The first kappa shape index (κ1) is 17.7. The van der Waals surface area contributed by atoms with Crippen LogP contribution in [0.15, 0.2) is 41.3 Å². The van der Waals surface area contributed by atoms with Crippen LogP contribution in [0.2, 0.25) is 0 Å². The molecule has 0 bridgehead atoms. The first-order chi connectivity index (χ1) is 11.4. The van der Waals surface area contributed by atoms with Gasteiger partial charge in [0.1, 0.15) is 6.54 Å². The zero-order valence-corrected chi connectivity index (χ0v) is 14.1. The van der Waals surface area contributed by atoms with Gasteiger partial charge in [0.05, 0.1) is 19.9 Å². The summed E-state index contributed by atoms with van der Waals surface area (Å²) in [5.41, 5.74) is 1.91. The van der Waals surface area contributed by atoms with Gasteiger partial charge in [0.15, 0.2) is 5.75 Å². The number of methoxy groups -OCH3 is 1. The van der Waals surface area contributed by atoms with Crippen LogP contribution in [0.3, 0.4) is 0 Å². The highest BCUT2D eigenvalue weighted by molar-refractivity contribution is 5.90. The van der Waals surface area contributed by atoms with Crippen molar-refractivity contribution in [2.24, 2.45) is 0 Å². The van der Waals surface area contributed by atoms with Crippen LogP contribution < -0.4 is 15.5 Å². The molecule has 0 fully saturated rings. The number of pyridine rings is 1. The number of aliphatic hydroxyl groups is 1. The maximum atomic E-state index is 12.2. The number of rotatable bonds is 6. The summed E-state index contributed by atoms with van der Waals surface area (Å²) in [5, 5.41) is 12.2. The molecule has 0 saturated carbocycles. The summed E-state index contributed by atoms with van der Waals surface area (Å²) in [4.78, 5) is 23.9. The van der Waals surface area contributed by atoms with Gasteiger partial charge in [0.25, 0.3) is 0 Å². The SMILES string of the molecule is COc1cn(CC(=O)Nc2ccc(C(C)C)cc2)c(CO)cc1=O. The lowest BCUT2D eigenvalue weighted by atomic mass is 10.0. The van der Waals surface area contributed by atoms with E-state index in [2.05, 4.69) is 19.2 Å². The monoisotopic (exact) mass is 330 g/mol. The summed E-state index contributed by atoms with van der Waals surface area (Å²) in [7, 11) is 1.38. The first-order valence-corrected chi connectivity index (χ1v) is 7.72. The molecule has 1 aromatic heterocycles. The summed E-state index contributed by atoms with van der Waals surface area (Å²) in [6.07, 6.45) is 1.43. The quantitative estimate of drug-likeness (QED) is 0.850. The number of carbonyl (C=O) groups excluding carboxylic acids is 1. The lowest BCUT2D eigenvalue weighted by molar-refractivity contribution is -0.116. The van der Waals surface area contributed by atoms with Gasteiger partial charge in [-0.25, -0.2) is 0 Å². The highest BCUT2D eigenvalue weighted by Gasteiger charge is 2.10. The third-order valence-corrected chi connectivity index (χ3v) is 3.74. The van der Waals surface area contributed by atoms with E-state index in [1.54, 1.807) is 0 Å². The third kappa shape index (κ3) is 4.23. The second-order valence-corrected chi connectivity index (χ2v) is 5.81. The molecule has 6 heteroatoms. The van der Waals surface area contributed by atoms with E-state index >= 15 is 0 Å². The van der Waals surface area contributed by atoms with Crippen LogP contribution >= 0.6 is 0 Å². The van der Waals surface area contributed by atoms with Crippen molar-refractivity contribution in [1.29, 1.82) is 0 Å². The molecule has 2 N–H and O–H groups in total. The maximum Gasteiger partial charge on any atom is 0.244 e. The Morgan fingerprint density at radius 1 is 1.29 bits per heavy atom. The molecule has 1 amide bonds. The van der Waals surface area contributed by atoms with Crippen LogP contribution in [0.4, 0.5) is 5.69 Å². The number of aromatic nitrogens is 1. The number of nitrogens with one attached hydrogen (secondary N) is 1. The minimum Gasteiger partial charge on any atom is -0.491 e. The second kappa shape index (κ2) is 7.79. The zero-order chi connectivity index (χ0) is 17.7. The fraction of sp³-hybridized carbons (Fsp3) is 0.333. The Bertz CT molecular complexity index is 764. The molecule has 0 aliphatic rings. The van der Waals surface area contributed by atoms with E-state index in [9.17, 15) is 14.7 Å². The molecule has 1 aromatic carbocycles. The molecule has 6 nitrogen and oxygen atoms in total. The molecular weight excluding hydrogens is 308 g/mol. The van der Waals surface area contributed by atoms with E-state index in [4.69, 9.17) is 4.74 Å². The zero-order valence-electron chi connectivity index (χ0n) is 14.1. The van der Waals surface area contributed by atoms with E-state index in [0.29, 0.717) is 17.3 Å². The lowest BCUT2D eigenvalue weighted by Crippen LogP contribution is -2.23. The van der Waals surface area contributed by atoms with Gasteiger partial charge in [-0.3, -0.25) is 9.59 Å². The Labute approximate surface area is 140 Å². The van der Waals surface area contributed by atoms with Crippen molar-refractivity contribution in [3.8, 4) is 5.75 Å². The number of hydrogen-bond acceptors (Lipinski definition) is 4. The summed E-state index contributed by atoms with van der Waals surface area (Å²) in [6.45, 7) is 3.84. The fourth-order valence-electron chi connectivity index (χ4n) is 2.34. The van der Waals surface area contributed by atoms with Crippen molar-refractivity contribution >= 4 is 11.6 Å². The van der Waals surface area contributed by atoms with Gasteiger partial charge in [-0.1, -0.05) is 26.0 Å². The van der Waals surface area contributed by atoms with Crippen molar-refractivity contribution in [2.75, 3.05) is 12.4 Å². The van der Waals surface area contributed by atoms with Crippen molar-refractivity contribution in [2.45, 2.75) is 32.9 Å². The first-order valence-electron chi connectivity index (χ1n) is 7.72. The number of carbonyl (C=O) groups is 1. The number of anilines is 1. The summed E-state index contributed by atoms with van der Waals surface area (Å²) >= 11 is 0. The normalized spacial score (nSPS) is 10.7. The van der Waals surface area contributed by atoms with Crippen LogP contribution in [-0.2, 0) is 17.9 Å². The van der Waals surface area contributed by atoms with Gasteiger partial charge >= 0.3 is 0 Å². The van der Waals surface area contributed by atoms with Crippen molar-refractivity contribution in [3.05, 3.63) is 58.0 Å².